The number of hydrogen-bond acceptors (Lipinski definition) is 4. The molecule has 1 aromatic carbocycles. The number of rotatable bonds is 5. The van der Waals surface area contributed by atoms with Crippen molar-refractivity contribution in [2.45, 2.75) is 69.5 Å². The molecular formula is C19H26ClN3O. The third-order valence-corrected chi connectivity index (χ3v) is 5.64. The van der Waals surface area contributed by atoms with Gasteiger partial charge in [0, 0.05) is 24.2 Å². The van der Waals surface area contributed by atoms with E-state index in [-0.39, 0.29) is 0 Å². The molecule has 24 heavy (non-hydrogen) atoms. The Balaban J connectivity index is 1.55. The number of methoxy groups -OCH3 is 1. The van der Waals surface area contributed by atoms with Crippen molar-refractivity contribution in [2.24, 2.45) is 0 Å². The highest BCUT2D eigenvalue weighted by molar-refractivity contribution is 6.33. The SMILES string of the molecule is COc1cc(NC2CCC(NC3CCCC3)CC2)c(Cl)cc1C#N. The monoisotopic (exact) mass is 347 g/mol. The van der Waals surface area contributed by atoms with Crippen LogP contribution in [0.15, 0.2) is 12.1 Å². The summed E-state index contributed by atoms with van der Waals surface area (Å²) >= 11 is 6.32. The fraction of sp³-hybridized carbons (Fsp3) is 0.632. The van der Waals surface area contributed by atoms with Crippen molar-refractivity contribution < 1.29 is 4.74 Å². The van der Waals surface area contributed by atoms with Gasteiger partial charge in [-0.1, -0.05) is 24.4 Å². The van der Waals surface area contributed by atoms with Gasteiger partial charge in [0.2, 0.25) is 0 Å². The molecule has 0 heterocycles. The van der Waals surface area contributed by atoms with Crippen molar-refractivity contribution in [3.63, 3.8) is 0 Å². The smallest absolute Gasteiger partial charge is 0.138 e. The van der Waals surface area contributed by atoms with Crippen LogP contribution >= 0.6 is 11.6 Å². The van der Waals surface area contributed by atoms with E-state index in [1.807, 2.05) is 6.07 Å². The summed E-state index contributed by atoms with van der Waals surface area (Å²) in [5, 5.41) is 17.1. The van der Waals surface area contributed by atoms with E-state index in [1.54, 1.807) is 13.2 Å². The van der Waals surface area contributed by atoms with E-state index in [2.05, 4.69) is 16.7 Å². The van der Waals surface area contributed by atoms with E-state index in [1.165, 1.54) is 38.5 Å². The van der Waals surface area contributed by atoms with Gasteiger partial charge < -0.3 is 15.4 Å². The van der Waals surface area contributed by atoms with E-state index < -0.39 is 0 Å². The molecule has 0 unspecified atom stereocenters. The van der Waals surface area contributed by atoms with Gasteiger partial charge in [-0.25, -0.2) is 0 Å². The lowest BCUT2D eigenvalue weighted by Gasteiger charge is -2.32. The van der Waals surface area contributed by atoms with Gasteiger partial charge >= 0.3 is 0 Å². The van der Waals surface area contributed by atoms with Crippen molar-refractivity contribution in [1.29, 1.82) is 5.26 Å². The van der Waals surface area contributed by atoms with Crippen molar-refractivity contribution in [3.05, 3.63) is 22.7 Å². The zero-order valence-corrected chi connectivity index (χ0v) is 15.0. The first-order valence-electron chi connectivity index (χ1n) is 9.00. The summed E-state index contributed by atoms with van der Waals surface area (Å²) in [5.74, 6) is 0.570. The first-order chi connectivity index (χ1) is 11.7. The number of anilines is 1. The minimum atomic E-state index is 0.432. The lowest BCUT2D eigenvalue weighted by molar-refractivity contribution is 0.323. The van der Waals surface area contributed by atoms with Gasteiger partial charge in [-0.2, -0.15) is 5.26 Å². The molecule has 2 aliphatic carbocycles. The molecule has 0 amide bonds. The third kappa shape index (κ3) is 4.15. The first-order valence-corrected chi connectivity index (χ1v) is 9.37. The maximum Gasteiger partial charge on any atom is 0.138 e. The number of ether oxygens (including phenoxy) is 1. The molecule has 130 valence electrons. The Labute approximate surface area is 149 Å². The summed E-state index contributed by atoms with van der Waals surface area (Å²) in [6.07, 6.45) is 10.2. The number of halogens is 1. The van der Waals surface area contributed by atoms with Gasteiger partial charge in [0.05, 0.1) is 23.4 Å². The molecule has 0 aromatic heterocycles. The molecule has 0 saturated heterocycles. The second kappa shape index (κ2) is 8.09. The fourth-order valence-corrected chi connectivity index (χ4v) is 4.19. The average molecular weight is 348 g/mol. The second-order valence-corrected chi connectivity index (χ2v) is 7.39. The predicted molar refractivity (Wildman–Crippen MR) is 97.8 cm³/mol. The van der Waals surface area contributed by atoms with Gasteiger partial charge in [0.15, 0.2) is 0 Å². The fourth-order valence-electron chi connectivity index (χ4n) is 3.97. The van der Waals surface area contributed by atoms with Gasteiger partial charge in [0.25, 0.3) is 0 Å². The Morgan fingerprint density at radius 1 is 1.04 bits per heavy atom. The van der Waals surface area contributed by atoms with E-state index in [0.717, 1.165) is 24.6 Å². The lowest BCUT2D eigenvalue weighted by Crippen LogP contribution is -2.41. The molecular weight excluding hydrogens is 322 g/mol. The molecule has 2 aliphatic rings. The zero-order valence-electron chi connectivity index (χ0n) is 14.3. The predicted octanol–water partition coefficient (Wildman–Crippen LogP) is 4.48. The minimum absolute atomic E-state index is 0.432. The molecule has 0 bridgehead atoms. The largest absolute Gasteiger partial charge is 0.495 e. The van der Waals surface area contributed by atoms with E-state index in [4.69, 9.17) is 21.6 Å². The van der Waals surface area contributed by atoms with Crippen LogP contribution in [-0.4, -0.2) is 25.2 Å². The first kappa shape index (κ1) is 17.4. The van der Waals surface area contributed by atoms with Crippen LogP contribution in [0.3, 0.4) is 0 Å². The standard InChI is InChI=1S/C19H26ClN3O/c1-24-19-11-18(17(20)10-13(19)12-21)23-16-8-6-15(7-9-16)22-14-4-2-3-5-14/h10-11,14-16,22-23H,2-9H2,1H3. The van der Waals surface area contributed by atoms with Crippen LogP contribution in [0.5, 0.6) is 5.75 Å². The van der Waals surface area contributed by atoms with Crippen molar-refractivity contribution >= 4 is 17.3 Å². The summed E-state index contributed by atoms with van der Waals surface area (Å²) in [7, 11) is 1.58. The summed E-state index contributed by atoms with van der Waals surface area (Å²) in [4.78, 5) is 0. The Bertz CT molecular complexity index is 599. The highest BCUT2D eigenvalue weighted by atomic mass is 35.5. The van der Waals surface area contributed by atoms with Crippen LogP contribution in [0.2, 0.25) is 5.02 Å². The summed E-state index contributed by atoms with van der Waals surface area (Å²) in [6, 6.07) is 7.47. The second-order valence-electron chi connectivity index (χ2n) is 6.99. The maximum absolute atomic E-state index is 9.12. The molecule has 0 spiro atoms. The highest BCUT2D eigenvalue weighted by Gasteiger charge is 2.25. The molecule has 2 saturated carbocycles. The van der Waals surface area contributed by atoms with Gasteiger partial charge in [-0.3, -0.25) is 0 Å². The molecule has 4 nitrogen and oxygen atoms in total. The summed E-state index contributed by atoms with van der Waals surface area (Å²) < 4.78 is 5.28. The number of nitrogens with one attached hydrogen (secondary N) is 2. The van der Waals surface area contributed by atoms with E-state index in [9.17, 15) is 0 Å². The Morgan fingerprint density at radius 3 is 2.29 bits per heavy atom. The number of nitrogens with zero attached hydrogens (tertiary/aromatic N) is 1. The number of benzene rings is 1. The number of hydrogen-bond donors (Lipinski definition) is 2. The van der Waals surface area contributed by atoms with E-state index in [0.29, 0.717) is 28.4 Å². The van der Waals surface area contributed by atoms with Crippen LogP contribution < -0.4 is 15.4 Å². The van der Waals surface area contributed by atoms with Crippen molar-refractivity contribution in [2.75, 3.05) is 12.4 Å². The molecule has 3 rings (SSSR count). The zero-order chi connectivity index (χ0) is 16.9. The molecule has 0 radical (unpaired) electrons. The topological polar surface area (TPSA) is 57.1 Å². The minimum Gasteiger partial charge on any atom is -0.495 e. The quantitative estimate of drug-likeness (QED) is 0.824. The van der Waals surface area contributed by atoms with Crippen LogP contribution in [0.1, 0.15) is 56.9 Å². The Kier molecular flexibility index (Phi) is 5.86. The molecule has 5 heteroatoms. The highest BCUT2D eigenvalue weighted by Crippen LogP contribution is 2.33. The molecule has 1 aromatic rings. The Hall–Kier alpha value is -1.44. The summed E-state index contributed by atoms with van der Waals surface area (Å²) in [5.41, 5.74) is 1.33. The normalized spacial score (nSPS) is 24.5. The van der Waals surface area contributed by atoms with Crippen LogP contribution in [-0.2, 0) is 0 Å². The third-order valence-electron chi connectivity index (χ3n) is 5.32. The Morgan fingerprint density at radius 2 is 1.67 bits per heavy atom. The molecule has 0 atom stereocenters. The van der Waals surface area contributed by atoms with E-state index >= 15 is 0 Å². The van der Waals surface area contributed by atoms with Gasteiger partial charge in [-0.15, -0.1) is 0 Å². The van der Waals surface area contributed by atoms with Crippen molar-refractivity contribution in [3.8, 4) is 11.8 Å². The average Bonchev–Trinajstić information content (AvgIpc) is 3.11. The number of nitriles is 1. The molecule has 2 fully saturated rings. The summed E-state index contributed by atoms with van der Waals surface area (Å²) in [6.45, 7) is 0. The van der Waals surface area contributed by atoms with Crippen LogP contribution in [0.25, 0.3) is 0 Å². The van der Waals surface area contributed by atoms with Crippen LogP contribution in [0.4, 0.5) is 5.69 Å². The molecule has 2 N–H and O–H groups in total. The van der Waals surface area contributed by atoms with Gasteiger partial charge in [0.1, 0.15) is 11.8 Å². The van der Waals surface area contributed by atoms with Crippen molar-refractivity contribution in [1.82, 2.24) is 5.32 Å². The maximum atomic E-state index is 9.12. The van der Waals surface area contributed by atoms with Crippen LogP contribution in [0, 0.1) is 11.3 Å². The van der Waals surface area contributed by atoms with Gasteiger partial charge in [-0.05, 0) is 44.6 Å². The lowest BCUT2D eigenvalue weighted by atomic mass is 9.90. The molecule has 0 aliphatic heterocycles.